The minimum atomic E-state index is -1.26. The number of nitrogens with one attached hydrogen (secondary N) is 1. The Morgan fingerprint density at radius 3 is 2.17 bits per heavy atom. The quantitative estimate of drug-likeness (QED) is 0.500. The van der Waals surface area contributed by atoms with Gasteiger partial charge in [-0.1, -0.05) is 30.3 Å². The standard InChI is InChI=1S/C18H15NO5/c1-12(20)24-15-9-7-13(8-10-15)11-16(18(22)23)19-17(21)14-5-3-2-4-6-14/h2-11H,1H3,(H,19,21)(H,22,23). The van der Waals surface area contributed by atoms with Crippen LogP contribution < -0.4 is 10.1 Å². The molecule has 0 spiro atoms. The summed E-state index contributed by atoms with van der Waals surface area (Å²) >= 11 is 0. The van der Waals surface area contributed by atoms with Crippen molar-refractivity contribution >= 4 is 23.9 Å². The Labute approximate surface area is 138 Å². The van der Waals surface area contributed by atoms with E-state index in [9.17, 15) is 19.5 Å². The normalized spacial score (nSPS) is 10.8. The number of hydrogen-bond donors (Lipinski definition) is 2. The highest BCUT2D eigenvalue weighted by Crippen LogP contribution is 2.14. The van der Waals surface area contributed by atoms with Crippen LogP contribution in [0.2, 0.25) is 0 Å². The van der Waals surface area contributed by atoms with Crippen LogP contribution in [0.5, 0.6) is 5.75 Å². The van der Waals surface area contributed by atoms with Crippen molar-refractivity contribution in [3.8, 4) is 5.75 Å². The molecule has 0 heterocycles. The van der Waals surface area contributed by atoms with Crippen LogP contribution in [0, 0.1) is 0 Å². The minimum Gasteiger partial charge on any atom is -0.477 e. The van der Waals surface area contributed by atoms with Crippen LogP contribution in [0.3, 0.4) is 0 Å². The van der Waals surface area contributed by atoms with Crippen LogP contribution in [-0.2, 0) is 9.59 Å². The monoisotopic (exact) mass is 325 g/mol. The molecule has 122 valence electrons. The molecule has 2 aromatic carbocycles. The van der Waals surface area contributed by atoms with E-state index in [1.165, 1.54) is 25.1 Å². The molecule has 2 rings (SSSR count). The van der Waals surface area contributed by atoms with Crippen molar-refractivity contribution in [2.24, 2.45) is 0 Å². The van der Waals surface area contributed by atoms with E-state index in [0.717, 1.165) is 0 Å². The van der Waals surface area contributed by atoms with E-state index < -0.39 is 17.8 Å². The van der Waals surface area contributed by atoms with Crippen molar-refractivity contribution in [3.05, 3.63) is 71.4 Å². The fraction of sp³-hybridized carbons (Fsp3) is 0.0556. The van der Waals surface area contributed by atoms with Crippen molar-refractivity contribution in [2.45, 2.75) is 6.92 Å². The molecular weight excluding hydrogens is 310 g/mol. The summed E-state index contributed by atoms with van der Waals surface area (Å²) in [6.07, 6.45) is 1.32. The number of ether oxygens (including phenoxy) is 1. The number of esters is 1. The van der Waals surface area contributed by atoms with Gasteiger partial charge in [0, 0.05) is 12.5 Å². The van der Waals surface area contributed by atoms with Gasteiger partial charge in [0.15, 0.2) is 0 Å². The topological polar surface area (TPSA) is 92.7 Å². The molecule has 0 bridgehead atoms. The van der Waals surface area contributed by atoms with Gasteiger partial charge in [-0.2, -0.15) is 0 Å². The average Bonchev–Trinajstić information content (AvgIpc) is 2.56. The molecule has 0 saturated heterocycles. The third-order valence-corrected chi connectivity index (χ3v) is 2.97. The minimum absolute atomic E-state index is 0.260. The van der Waals surface area contributed by atoms with Crippen LogP contribution in [0.25, 0.3) is 6.08 Å². The third-order valence-electron chi connectivity index (χ3n) is 2.97. The third kappa shape index (κ3) is 4.81. The van der Waals surface area contributed by atoms with Crippen LogP contribution >= 0.6 is 0 Å². The first-order chi connectivity index (χ1) is 11.5. The molecule has 0 aliphatic heterocycles. The van der Waals surface area contributed by atoms with Gasteiger partial charge in [0.05, 0.1) is 0 Å². The van der Waals surface area contributed by atoms with Gasteiger partial charge in [0.2, 0.25) is 0 Å². The maximum atomic E-state index is 12.1. The van der Waals surface area contributed by atoms with Crippen molar-refractivity contribution in [1.29, 1.82) is 0 Å². The van der Waals surface area contributed by atoms with E-state index in [-0.39, 0.29) is 5.70 Å². The molecule has 0 aliphatic carbocycles. The summed E-state index contributed by atoms with van der Waals surface area (Å²) in [5, 5.41) is 11.6. The number of aliphatic carboxylic acids is 1. The summed E-state index contributed by atoms with van der Waals surface area (Å²) in [5.74, 6) is -1.87. The zero-order valence-corrected chi connectivity index (χ0v) is 12.9. The summed E-state index contributed by atoms with van der Waals surface area (Å²) in [4.78, 5) is 34.2. The molecule has 0 fully saturated rings. The van der Waals surface area contributed by atoms with Gasteiger partial charge in [-0.3, -0.25) is 9.59 Å². The summed E-state index contributed by atoms with van der Waals surface area (Å²) in [6, 6.07) is 14.5. The zero-order chi connectivity index (χ0) is 17.5. The van der Waals surface area contributed by atoms with Crippen molar-refractivity contribution in [1.82, 2.24) is 5.32 Å². The Morgan fingerprint density at radius 1 is 1.00 bits per heavy atom. The highest BCUT2D eigenvalue weighted by Gasteiger charge is 2.13. The number of benzene rings is 2. The first-order valence-corrected chi connectivity index (χ1v) is 7.05. The lowest BCUT2D eigenvalue weighted by atomic mass is 10.1. The first-order valence-electron chi connectivity index (χ1n) is 7.05. The number of hydrogen-bond acceptors (Lipinski definition) is 4. The highest BCUT2D eigenvalue weighted by molar-refractivity contribution is 6.02. The van der Waals surface area contributed by atoms with E-state index >= 15 is 0 Å². The number of carboxylic acids is 1. The number of rotatable bonds is 5. The van der Waals surface area contributed by atoms with Crippen LogP contribution in [0.15, 0.2) is 60.3 Å². The molecule has 2 N–H and O–H groups in total. The molecule has 1 amide bonds. The fourth-order valence-electron chi connectivity index (χ4n) is 1.90. The Kier molecular flexibility index (Phi) is 5.46. The number of carbonyl (C=O) groups excluding carboxylic acids is 2. The smallest absolute Gasteiger partial charge is 0.352 e. The summed E-state index contributed by atoms with van der Waals surface area (Å²) in [6.45, 7) is 1.29. The highest BCUT2D eigenvalue weighted by atomic mass is 16.5. The van der Waals surface area contributed by atoms with E-state index in [1.54, 1.807) is 42.5 Å². The fourth-order valence-corrected chi connectivity index (χ4v) is 1.90. The summed E-state index contributed by atoms with van der Waals surface area (Å²) in [7, 11) is 0. The maximum absolute atomic E-state index is 12.1. The van der Waals surface area contributed by atoms with Crippen molar-refractivity contribution in [3.63, 3.8) is 0 Å². The molecule has 6 heteroatoms. The summed E-state index contributed by atoms with van der Waals surface area (Å²) < 4.78 is 4.90. The van der Waals surface area contributed by atoms with E-state index in [1.807, 2.05) is 0 Å². The van der Waals surface area contributed by atoms with Crippen LogP contribution in [-0.4, -0.2) is 23.0 Å². The molecule has 6 nitrogen and oxygen atoms in total. The second kappa shape index (κ2) is 7.73. The Bertz CT molecular complexity index is 779. The van der Waals surface area contributed by atoms with Crippen molar-refractivity contribution in [2.75, 3.05) is 0 Å². The molecule has 0 radical (unpaired) electrons. The van der Waals surface area contributed by atoms with E-state index in [4.69, 9.17) is 4.74 Å². The van der Waals surface area contributed by atoms with Gasteiger partial charge in [-0.15, -0.1) is 0 Å². The lowest BCUT2D eigenvalue weighted by molar-refractivity contribution is -0.133. The van der Waals surface area contributed by atoms with Gasteiger partial charge in [-0.05, 0) is 35.9 Å². The SMILES string of the molecule is CC(=O)Oc1ccc(C=C(NC(=O)c2ccccc2)C(=O)O)cc1. The molecule has 0 unspecified atom stereocenters. The van der Waals surface area contributed by atoms with Gasteiger partial charge in [0.1, 0.15) is 11.4 Å². The molecule has 2 aromatic rings. The Balaban J connectivity index is 2.18. The molecule has 0 aromatic heterocycles. The molecule has 0 atom stereocenters. The van der Waals surface area contributed by atoms with Crippen LogP contribution in [0.4, 0.5) is 0 Å². The number of amides is 1. The van der Waals surface area contributed by atoms with E-state index in [2.05, 4.69) is 5.32 Å². The van der Waals surface area contributed by atoms with Crippen molar-refractivity contribution < 1.29 is 24.2 Å². The number of carbonyl (C=O) groups is 3. The predicted octanol–water partition coefficient (Wildman–Crippen LogP) is 2.47. The van der Waals surface area contributed by atoms with Gasteiger partial charge >= 0.3 is 11.9 Å². The first kappa shape index (κ1) is 17.0. The molecular formula is C18H15NO5. The lowest BCUT2D eigenvalue weighted by Crippen LogP contribution is -2.27. The van der Waals surface area contributed by atoms with Gasteiger partial charge in [-0.25, -0.2) is 4.79 Å². The maximum Gasteiger partial charge on any atom is 0.352 e. The predicted molar refractivity (Wildman–Crippen MR) is 87.3 cm³/mol. The van der Waals surface area contributed by atoms with E-state index in [0.29, 0.717) is 16.9 Å². The Hall–Kier alpha value is -3.41. The lowest BCUT2D eigenvalue weighted by Gasteiger charge is -2.07. The van der Waals surface area contributed by atoms with Gasteiger partial charge in [0.25, 0.3) is 5.91 Å². The Morgan fingerprint density at radius 2 is 1.62 bits per heavy atom. The molecule has 24 heavy (non-hydrogen) atoms. The molecule has 0 saturated carbocycles. The zero-order valence-electron chi connectivity index (χ0n) is 12.9. The average molecular weight is 325 g/mol. The second-order valence-electron chi connectivity index (χ2n) is 4.85. The van der Waals surface area contributed by atoms with Gasteiger partial charge < -0.3 is 15.2 Å². The number of carboxylic acid groups (broad SMARTS) is 1. The second-order valence-corrected chi connectivity index (χ2v) is 4.85. The largest absolute Gasteiger partial charge is 0.477 e. The summed E-state index contributed by atoms with van der Waals surface area (Å²) in [5.41, 5.74) is 0.635. The van der Waals surface area contributed by atoms with Crippen LogP contribution in [0.1, 0.15) is 22.8 Å². The molecule has 0 aliphatic rings.